The Morgan fingerprint density at radius 1 is 1.05 bits per heavy atom. The summed E-state index contributed by atoms with van der Waals surface area (Å²) >= 11 is 1.78. The second kappa shape index (κ2) is 5.55. The molecule has 0 amide bonds. The van der Waals surface area contributed by atoms with Crippen molar-refractivity contribution in [3.63, 3.8) is 0 Å². The third kappa shape index (κ3) is 2.49. The fourth-order valence-electron chi connectivity index (χ4n) is 2.21. The number of rotatable bonds is 3. The number of nitrogens with zero attached hydrogens (tertiary/aromatic N) is 1. The van der Waals surface area contributed by atoms with Gasteiger partial charge in [-0.2, -0.15) is 0 Å². The third-order valence-electron chi connectivity index (χ3n) is 3.39. The maximum Gasteiger partial charge on any atom is 0.0714 e. The molecule has 0 saturated heterocycles. The molecule has 0 radical (unpaired) electrons. The SMILES string of the molecule is Cc1ccccc1CSc1c(N)cnc2ccccc12. The van der Waals surface area contributed by atoms with E-state index in [1.165, 1.54) is 11.1 Å². The van der Waals surface area contributed by atoms with E-state index in [-0.39, 0.29) is 0 Å². The molecule has 0 spiro atoms. The molecular weight excluding hydrogens is 264 g/mol. The number of benzene rings is 2. The lowest BCUT2D eigenvalue weighted by molar-refractivity contribution is 1.30. The van der Waals surface area contributed by atoms with Crippen molar-refractivity contribution in [2.24, 2.45) is 0 Å². The first-order valence-corrected chi connectivity index (χ1v) is 7.55. The maximum atomic E-state index is 6.11. The number of hydrogen-bond acceptors (Lipinski definition) is 3. The van der Waals surface area contributed by atoms with E-state index in [0.29, 0.717) is 0 Å². The van der Waals surface area contributed by atoms with Crippen LogP contribution in [0.4, 0.5) is 5.69 Å². The van der Waals surface area contributed by atoms with Gasteiger partial charge in [-0.05, 0) is 24.1 Å². The molecule has 0 aliphatic heterocycles. The van der Waals surface area contributed by atoms with Crippen LogP contribution in [0.25, 0.3) is 10.9 Å². The van der Waals surface area contributed by atoms with Crippen molar-refractivity contribution < 1.29 is 0 Å². The molecule has 1 heterocycles. The molecule has 20 heavy (non-hydrogen) atoms. The molecule has 2 nitrogen and oxygen atoms in total. The summed E-state index contributed by atoms with van der Waals surface area (Å²) in [6, 6.07) is 16.6. The molecule has 3 aromatic rings. The fourth-order valence-corrected chi connectivity index (χ4v) is 3.39. The van der Waals surface area contributed by atoms with Gasteiger partial charge in [0.15, 0.2) is 0 Å². The number of anilines is 1. The molecule has 0 fully saturated rings. The molecule has 100 valence electrons. The highest BCUT2D eigenvalue weighted by molar-refractivity contribution is 7.99. The van der Waals surface area contributed by atoms with Crippen molar-refractivity contribution in [2.45, 2.75) is 17.6 Å². The predicted octanol–water partition coefficient (Wildman–Crippen LogP) is 4.42. The summed E-state index contributed by atoms with van der Waals surface area (Å²) in [6.07, 6.45) is 1.75. The van der Waals surface area contributed by atoms with Crippen LogP contribution >= 0.6 is 11.8 Å². The number of nitrogen functional groups attached to an aromatic ring is 1. The first-order valence-electron chi connectivity index (χ1n) is 6.56. The molecule has 2 aromatic carbocycles. The highest BCUT2D eigenvalue weighted by atomic mass is 32.2. The molecule has 3 heteroatoms. The van der Waals surface area contributed by atoms with Crippen LogP contribution in [0.1, 0.15) is 11.1 Å². The highest BCUT2D eigenvalue weighted by Crippen LogP contribution is 2.34. The monoisotopic (exact) mass is 280 g/mol. The van der Waals surface area contributed by atoms with Crippen molar-refractivity contribution in [1.29, 1.82) is 0 Å². The topological polar surface area (TPSA) is 38.9 Å². The minimum Gasteiger partial charge on any atom is -0.397 e. The lowest BCUT2D eigenvalue weighted by Crippen LogP contribution is -1.93. The lowest BCUT2D eigenvalue weighted by atomic mass is 10.1. The van der Waals surface area contributed by atoms with Crippen molar-refractivity contribution in [2.75, 3.05) is 5.73 Å². The Bertz CT molecular complexity index is 753. The summed E-state index contributed by atoms with van der Waals surface area (Å²) in [4.78, 5) is 5.50. The number of aromatic nitrogens is 1. The van der Waals surface area contributed by atoms with Gasteiger partial charge < -0.3 is 5.73 Å². The highest BCUT2D eigenvalue weighted by Gasteiger charge is 2.08. The Morgan fingerprint density at radius 2 is 1.80 bits per heavy atom. The summed E-state index contributed by atoms with van der Waals surface area (Å²) in [5.74, 6) is 0.922. The Morgan fingerprint density at radius 3 is 2.65 bits per heavy atom. The Labute approximate surface area is 123 Å². The zero-order chi connectivity index (χ0) is 13.9. The van der Waals surface area contributed by atoms with Crippen molar-refractivity contribution in [3.8, 4) is 0 Å². The average molecular weight is 280 g/mol. The van der Waals surface area contributed by atoms with Gasteiger partial charge >= 0.3 is 0 Å². The quantitative estimate of drug-likeness (QED) is 0.722. The zero-order valence-corrected chi connectivity index (χ0v) is 12.2. The van der Waals surface area contributed by atoms with Crippen LogP contribution in [-0.4, -0.2) is 4.98 Å². The van der Waals surface area contributed by atoms with Crippen molar-refractivity contribution in [3.05, 3.63) is 65.9 Å². The molecule has 0 saturated carbocycles. The van der Waals surface area contributed by atoms with Gasteiger partial charge in [-0.25, -0.2) is 0 Å². The molecule has 1 aromatic heterocycles. The second-order valence-corrected chi connectivity index (χ2v) is 5.76. The van der Waals surface area contributed by atoms with Gasteiger partial charge in [0.2, 0.25) is 0 Å². The van der Waals surface area contributed by atoms with Gasteiger partial charge in [-0.3, -0.25) is 4.98 Å². The van der Waals surface area contributed by atoms with Gasteiger partial charge in [0.05, 0.1) is 17.4 Å². The first-order chi connectivity index (χ1) is 9.75. The van der Waals surface area contributed by atoms with Crippen LogP contribution in [0.3, 0.4) is 0 Å². The van der Waals surface area contributed by atoms with Crippen LogP contribution in [0.15, 0.2) is 59.6 Å². The summed E-state index contributed by atoms with van der Waals surface area (Å²) in [6.45, 7) is 2.14. The normalized spacial score (nSPS) is 10.8. The molecule has 2 N–H and O–H groups in total. The number of hydrogen-bond donors (Lipinski definition) is 1. The van der Waals surface area contributed by atoms with Crippen LogP contribution in [0, 0.1) is 6.92 Å². The summed E-state index contributed by atoms with van der Waals surface area (Å²) in [7, 11) is 0. The molecule has 0 aliphatic carbocycles. The lowest BCUT2D eigenvalue weighted by Gasteiger charge is -2.10. The summed E-state index contributed by atoms with van der Waals surface area (Å²) in [5.41, 5.74) is 10.5. The van der Waals surface area contributed by atoms with E-state index >= 15 is 0 Å². The number of pyridine rings is 1. The van der Waals surface area contributed by atoms with Crippen molar-refractivity contribution in [1.82, 2.24) is 4.98 Å². The minimum absolute atomic E-state index is 0.752. The minimum atomic E-state index is 0.752. The second-order valence-electron chi connectivity index (χ2n) is 4.77. The molecule has 0 unspecified atom stereocenters. The zero-order valence-electron chi connectivity index (χ0n) is 11.3. The molecule has 0 bridgehead atoms. The summed E-state index contributed by atoms with van der Waals surface area (Å²) in [5, 5.41) is 1.13. The largest absolute Gasteiger partial charge is 0.397 e. The van der Waals surface area contributed by atoms with Crippen LogP contribution in [0.2, 0.25) is 0 Å². The third-order valence-corrected chi connectivity index (χ3v) is 4.59. The Kier molecular flexibility index (Phi) is 3.61. The maximum absolute atomic E-state index is 6.11. The number of para-hydroxylation sites is 1. The first kappa shape index (κ1) is 13.0. The van der Waals surface area contributed by atoms with E-state index in [2.05, 4.69) is 42.2 Å². The van der Waals surface area contributed by atoms with E-state index in [0.717, 1.165) is 27.2 Å². The van der Waals surface area contributed by atoms with E-state index in [1.54, 1.807) is 18.0 Å². The number of aryl methyl sites for hydroxylation is 1. The number of fused-ring (bicyclic) bond motifs is 1. The van der Waals surface area contributed by atoms with Gasteiger partial charge in [0, 0.05) is 16.0 Å². The fraction of sp³-hybridized carbons (Fsp3) is 0.118. The molecule has 0 aliphatic rings. The van der Waals surface area contributed by atoms with Gasteiger partial charge in [-0.1, -0.05) is 42.5 Å². The Balaban J connectivity index is 1.95. The number of nitrogens with two attached hydrogens (primary N) is 1. The predicted molar refractivity (Wildman–Crippen MR) is 86.9 cm³/mol. The van der Waals surface area contributed by atoms with Gasteiger partial charge in [-0.15, -0.1) is 11.8 Å². The van der Waals surface area contributed by atoms with Crippen LogP contribution < -0.4 is 5.73 Å². The van der Waals surface area contributed by atoms with Crippen LogP contribution in [0.5, 0.6) is 0 Å². The van der Waals surface area contributed by atoms with Crippen molar-refractivity contribution >= 4 is 28.4 Å². The molecular formula is C17H16N2S. The van der Waals surface area contributed by atoms with E-state index in [9.17, 15) is 0 Å². The van der Waals surface area contributed by atoms with Gasteiger partial charge in [0.25, 0.3) is 0 Å². The van der Waals surface area contributed by atoms with E-state index < -0.39 is 0 Å². The molecule has 0 atom stereocenters. The van der Waals surface area contributed by atoms with Gasteiger partial charge in [0.1, 0.15) is 0 Å². The summed E-state index contributed by atoms with van der Waals surface area (Å²) < 4.78 is 0. The molecule has 3 rings (SSSR count). The van der Waals surface area contributed by atoms with E-state index in [4.69, 9.17) is 5.73 Å². The number of thioether (sulfide) groups is 1. The standard InChI is InChI=1S/C17H16N2S/c1-12-6-2-3-7-13(12)11-20-17-14-8-4-5-9-16(14)19-10-15(17)18/h2-10H,11,18H2,1H3. The Hall–Kier alpha value is -2.00. The average Bonchev–Trinajstić information content (AvgIpc) is 2.48. The van der Waals surface area contributed by atoms with E-state index in [1.807, 2.05) is 18.2 Å². The smallest absolute Gasteiger partial charge is 0.0714 e. The van der Waals surface area contributed by atoms with Crippen LogP contribution in [-0.2, 0) is 5.75 Å².